The Labute approximate surface area is 120 Å². The first kappa shape index (κ1) is 12.5. The highest BCUT2D eigenvalue weighted by Crippen LogP contribution is 2.43. The molecule has 0 aliphatic heterocycles. The van der Waals surface area contributed by atoms with Crippen LogP contribution >= 0.6 is 55.1 Å². The summed E-state index contributed by atoms with van der Waals surface area (Å²) in [5, 5.41) is 0.973. The molecule has 5 heteroatoms. The van der Waals surface area contributed by atoms with Gasteiger partial charge in [0.15, 0.2) is 0 Å². The van der Waals surface area contributed by atoms with Crippen molar-refractivity contribution >= 4 is 55.1 Å². The van der Waals surface area contributed by atoms with Crippen LogP contribution in [0, 0.1) is 6.92 Å². The lowest BCUT2D eigenvalue weighted by Gasteiger charge is -2.08. The van der Waals surface area contributed by atoms with Gasteiger partial charge in [0, 0.05) is 14.5 Å². The Morgan fingerprint density at radius 3 is 2.44 bits per heavy atom. The molecule has 1 nitrogen and oxygen atoms in total. The third kappa shape index (κ3) is 2.19. The molecule has 0 saturated carbocycles. The first-order valence-corrected chi connectivity index (χ1v) is 6.74. The van der Waals surface area contributed by atoms with Crippen LogP contribution in [0.1, 0.15) is 5.76 Å². The quantitative estimate of drug-likeness (QED) is 0.428. The van der Waals surface area contributed by atoms with Crippen molar-refractivity contribution in [3.8, 4) is 11.3 Å². The minimum absolute atomic E-state index is 0.480. The van der Waals surface area contributed by atoms with Gasteiger partial charge in [0.05, 0.1) is 10.0 Å². The van der Waals surface area contributed by atoms with Crippen LogP contribution in [-0.2, 0) is 0 Å². The highest BCUT2D eigenvalue weighted by molar-refractivity contribution is 9.11. The Balaban J connectivity index is 2.70. The zero-order chi connectivity index (χ0) is 11.9. The molecule has 84 valence electrons. The minimum Gasteiger partial charge on any atom is -0.461 e. The molecule has 0 aliphatic rings. The van der Waals surface area contributed by atoms with E-state index < -0.39 is 0 Å². The first-order valence-electron chi connectivity index (χ1n) is 4.40. The average Bonchev–Trinajstić information content (AvgIpc) is 2.61. The highest BCUT2D eigenvalue weighted by Gasteiger charge is 2.16. The van der Waals surface area contributed by atoms with E-state index in [9.17, 15) is 0 Å². The van der Waals surface area contributed by atoms with E-state index in [1.54, 1.807) is 6.07 Å². The minimum atomic E-state index is 0.480. The van der Waals surface area contributed by atoms with Gasteiger partial charge in [0.25, 0.3) is 0 Å². The number of halogens is 4. The summed E-state index contributed by atoms with van der Waals surface area (Å²) in [6.45, 7) is 1.89. The normalized spacial score (nSPS) is 10.8. The average molecular weight is 385 g/mol. The summed E-state index contributed by atoms with van der Waals surface area (Å²) in [6.07, 6.45) is 0. The molecule has 0 fully saturated rings. The molecular weight excluding hydrogens is 379 g/mol. The van der Waals surface area contributed by atoms with Crippen molar-refractivity contribution in [2.24, 2.45) is 0 Å². The molecule has 16 heavy (non-hydrogen) atoms. The fourth-order valence-electron chi connectivity index (χ4n) is 1.36. The van der Waals surface area contributed by atoms with Crippen molar-refractivity contribution in [1.82, 2.24) is 0 Å². The monoisotopic (exact) mass is 382 g/mol. The third-order valence-corrected chi connectivity index (χ3v) is 4.54. The molecule has 0 N–H and O–H groups in total. The van der Waals surface area contributed by atoms with E-state index in [0.29, 0.717) is 10.0 Å². The zero-order valence-corrected chi connectivity index (χ0v) is 12.8. The third-order valence-electron chi connectivity index (χ3n) is 2.10. The molecule has 0 spiro atoms. The Morgan fingerprint density at radius 2 is 1.88 bits per heavy atom. The van der Waals surface area contributed by atoms with E-state index >= 15 is 0 Å². The van der Waals surface area contributed by atoms with E-state index in [0.717, 1.165) is 26.0 Å². The summed E-state index contributed by atoms with van der Waals surface area (Å²) >= 11 is 18.9. The Morgan fingerprint density at radius 1 is 1.19 bits per heavy atom. The van der Waals surface area contributed by atoms with E-state index in [2.05, 4.69) is 31.9 Å². The van der Waals surface area contributed by atoms with Crippen LogP contribution in [-0.4, -0.2) is 0 Å². The molecule has 0 unspecified atom stereocenters. The van der Waals surface area contributed by atoms with Crippen LogP contribution in [0.4, 0.5) is 0 Å². The molecule has 1 aromatic heterocycles. The standard InChI is InChI=1S/C11H6Br2Cl2O/c1-5-2-3-8(16-5)9-6(12)4-7(14)11(15)10(9)13/h2-4H,1H3. The predicted octanol–water partition coefficient (Wildman–Crippen LogP) is 6.09. The SMILES string of the molecule is Cc1ccc(-c2c(Br)cc(Cl)c(Cl)c2Br)o1. The van der Waals surface area contributed by atoms with Crippen LogP contribution in [0.2, 0.25) is 10.0 Å². The van der Waals surface area contributed by atoms with Gasteiger partial charge in [-0.1, -0.05) is 23.2 Å². The van der Waals surface area contributed by atoms with Gasteiger partial charge in [-0.15, -0.1) is 0 Å². The molecule has 2 rings (SSSR count). The lowest BCUT2D eigenvalue weighted by Crippen LogP contribution is -1.83. The summed E-state index contributed by atoms with van der Waals surface area (Å²) in [7, 11) is 0. The summed E-state index contributed by atoms with van der Waals surface area (Å²) in [5.74, 6) is 1.59. The number of rotatable bonds is 1. The number of furan rings is 1. The number of hydrogen-bond donors (Lipinski definition) is 0. The van der Waals surface area contributed by atoms with Crippen LogP contribution in [0.3, 0.4) is 0 Å². The Kier molecular flexibility index (Phi) is 3.69. The maximum absolute atomic E-state index is 6.07. The number of benzene rings is 1. The Bertz CT molecular complexity index is 549. The zero-order valence-electron chi connectivity index (χ0n) is 8.15. The molecular formula is C11H6Br2Cl2O. The Hall–Kier alpha value is 0.0400. The van der Waals surface area contributed by atoms with Crippen molar-refractivity contribution in [3.63, 3.8) is 0 Å². The van der Waals surface area contributed by atoms with Crippen LogP contribution in [0.25, 0.3) is 11.3 Å². The van der Waals surface area contributed by atoms with E-state index in [1.165, 1.54) is 0 Å². The van der Waals surface area contributed by atoms with Gasteiger partial charge in [-0.25, -0.2) is 0 Å². The van der Waals surface area contributed by atoms with Crippen LogP contribution < -0.4 is 0 Å². The second kappa shape index (κ2) is 4.73. The molecule has 0 amide bonds. The second-order valence-electron chi connectivity index (χ2n) is 3.25. The summed E-state index contributed by atoms with van der Waals surface area (Å²) < 4.78 is 7.13. The number of hydrogen-bond acceptors (Lipinski definition) is 1. The van der Waals surface area contributed by atoms with E-state index in [1.807, 2.05) is 19.1 Å². The molecule has 1 heterocycles. The second-order valence-corrected chi connectivity index (χ2v) is 5.69. The smallest absolute Gasteiger partial charge is 0.136 e. The van der Waals surface area contributed by atoms with Crippen molar-refractivity contribution in [3.05, 3.63) is 43.0 Å². The van der Waals surface area contributed by atoms with Gasteiger partial charge in [-0.3, -0.25) is 0 Å². The van der Waals surface area contributed by atoms with Gasteiger partial charge in [0.1, 0.15) is 11.5 Å². The molecule has 0 saturated heterocycles. The lowest BCUT2D eigenvalue weighted by molar-refractivity contribution is 0.548. The van der Waals surface area contributed by atoms with E-state index in [4.69, 9.17) is 27.6 Å². The molecule has 2 aromatic rings. The van der Waals surface area contributed by atoms with Crippen molar-refractivity contribution in [2.75, 3.05) is 0 Å². The van der Waals surface area contributed by atoms with Gasteiger partial charge < -0.3 is 4.42 Å². The molecule has 0 aliphatic carbocycles. The van der Waals surface area contributed by atoms with Crippen molar-refractivity contribution in [2.45, 2.75) is 6.92 Å². The van der Waals surface area contributed by atoms with Crippen LogP contribution in [0.15, 0.2) is 31.6 Å². The molecule has 0 radical (unpaired) electrons. The molecule has 0 atom stereocenters. The summed E-state index contributed by atoms with van der Waals surface area (Å²) in [4.78, 5) is 0. The fraction of sp³-hybridized carbons (Fsp3) is 0.0909. The van der Waals surface area contributed by atoms with Gasteiger partial charge in [-0.2, -0.15) is 0 Å². The van der Waals surface area contributed by atoms with Gasteiger partial charge in [-0.05, 0) is 57.0 Å². The van der Waals surface area contributed by atoms with Crippen molar-refractivity contribution < 1.29 is 4.42 Å². The van der Waals surface area contributed by atoms with Crippen molar-refractivity contribution in [1.29, 1.82) is 0 Å². The number of aryl methyl sites for hydroxylation is 1. The maximum Gasteiger partial charge on any atom is 0.136 e. The van der Waals surface area contributed by atoms with Gasteiger partial charge in [0.2, 0.25) is 0 Å². The first-order chi connectivity index (χ1) is 7.50. The van der Waals surface area contributed by atoms with Crippen LogP contribution in [0.5, 0.6) is 0 Å². The van der Waals surface area contributed by atoms with Gasteiger partial charge >= 0.3 is 0 Å². The maximum atomic E-state index is 6.07. The largest absolute Gasteiger partial charge is 0.461 e. The topological polar surface area (TPSA) is 13.1 Å². The molecule has 0 bridgehead atoms. The fourth-order valence-corrected chi connectivity index (χ4v) is 3.47. The summed E-state index contributed by atoms with van der Waals surface area (Å²) in [5.41, 5.74) is 0.863. The lowest BCUT2D eigenvalue weighted by atomic mass is 10.2. The summed E-state index contributed by atoms with van der Waals surface area (Å²) in [6, 6.07) is 5.54. The predicted molar refractivity (Wildman–Crippen MR) is 74.3 cm³/mol. The van der Waals surface area contributed by atoms with E-state index in [-0.39, 0.29) is 0 Å². The molecule has 1 aromatic carbocycles. The highest BCUT2D eigenvalue weighted by atomic mass is 79.9.